The maximum absolute atomic E-state index is 10.4. The second kappa shape index (κ2) is 8.27. The van der Waals surface area contributed by atoms with E-state index in [2.05, 4.69) is 0 Å². The minimum absolute atomic E-state index is 0.455. The molecule has 100 valence electrons. The number of nitriles is 2. The molecule has 20 heavy (non-hydrogen) atoms. The number of aldehydes is 1. The fourth-order valence-electron chi connectivity index (χ4n) is 1.21. The number of nitrogens with zero attached hydrogens (tertiary/aromatic N) is 2. The van der Waals surface area contributed by atoms with Crippen LogP contribution in [-0.2, 0) is 4.79 Å². The van der Waals surface area contributed by atoms with Gasteiger partial charge in [0.25, 0.3) is 0 Å². The predicted octanol–water partition coefficient (Wildman–Crippen LogP) is 4.21. The molecule has 1 rings (SSSR count). The van der Waals surface area contributed by atoms with Crippen molar-refractivity contribution >= 4 is 29.8 Å². The Hall–Kier alpha value is -1.95. The van der Waals surface area contributed by atoms with Gasteiger partial charge in [-0.2, -0.15) is 10.5 Å². The Morgan fingerprint density at radius 2 is 1.50 bits per heavy atom. The summed E-state index contributed by atoms with van der Waals surface area (Å²) in [6, 6.07) is 4.05. The quantitative estimate of drug-likeness (QED) is 0.442. The standard InChI is InChI=1S/C15H12N2OS2/c1-11(5-3-4-6-12(2)10-18)7-15-19-13(8-16)14(9-17)20-15/h3-7,10H,1-2H3/b4-3+,11-5+,12-6+. The van der Waals surface area contributed by atoms with Gasteiger partial charge >= 0.3 is 0 Å². The van der Waals surface area contributed by atoms with Crippen LogP contribution in [0.2, 0.25) is 0 Å². The number of hydrogen-bond acceptors (Lipinski definition) is 5. The van der Waals surface area contributed by atoms with Crippen molar-refractivity contribution in [1.82, 2.24) is 0 Å². The molecule has 1 heterocycles. The smallest absolute Gasteiger partial charge is 0.145 e. The van der Waals surface area contributed by atoms with Crippen molar-refractivity contribution in [3.8, 4) is 12.1 Å². The monoisotopic (exact) mass is 300 g/mol. The van der Waals surface area contributed by atoms with Crippen molar-refractivity contribution < 1.29 is 4.79 Å². The molecule has 0 aromatic rings. The van der Waals surface area contributed by atoms with E-state index in [4.69, 9.17) is 10.5 Å². The third-order valence-corrected chi connectivity index (χ3v) is 4.44. The van der Waals surface area contributed by atoms with Gasteiger partial charge in [0.1, 0.15) is 28.2 Å². The molecular weight excluding hydrogens is 288 g/mol. The molecule has 0 fully saturated rings. The fourth-order valence-corrected chi connectivity index (χ4v) is 3.39. The predicted molar refractivity (Wildman–Crippen MR) is 84.2 cm³/mol. The molecule has 0 saturated heterocycles. The van der Waals surface area contributed by atoms with E-state index in [9.17, 15) is 4.79 Å². The van der Waals surface area contributed by atoms with Gasteiger partial charge in [-0.25, -0.2) is 0 Å². The van der Waals surface area contributed by atoms with Gasteiger partial charge < -0.3 is 0 Å². The molecule has 0 aromatic carbocycles. The molecule has 1 aliphatic rings. The summed E-state index contributed by atoms with van der Waals surface area (Å²) >= 11 is 2.63. The van der Waals surface area contributed by atoms with Gasteiger partial charge in [0.15, 0.2) is 0 Å². The van der Waals surface area contributed by atoms with E-state index in [0.29, 0.717) is 15.4 Å². The largest absolute Gasteiger partial charge is 0.298 e. The zero-order valence-corrected chi connectivity index (χ0v) is 12.7. The SMILES string of the molecule is C\C(C=O)=C/C=C/C=C(\C)C=C1SC(C#N)=C(C#N)S1. The maximum Gasteiger partial charge on any atom is 0.145 e. The summed E-state index contributed by atoms with van der Waals surface area (Å²) in [7, 11) is 0. The summed E-state index contributed by atoms with van der Waals surface area (Å²) in [5.74, 6) is 0. The van der Waals surface area contributed by atoms with Crippen molar-refractivity contribution in [2.24, 2.45) is 0 Å². The molecule has 0 amide bonds. The van der Waals surface area contributed by atoms with Crippen LogP contribution in [0.3, 0.4) is 0 Å². The van der Waals surface area contributed by atoms with Crippen LogP contribution < -0.4 is 0 Å². The van der Waals surface area contributed by atoms with E-state index in [0.717, 1.165) is 16.1 Å². The topological polar surface area (TPSA) is 64.7 Å². The molecule has 0 spiro atoms. The Morgan fingerprint density at radius 1 is 1.00 bits per heavy atom. The first-order chi connectivity index (χ1) is 9.60. The number of thioether (sulfide) groups is 2. The van der Waals surface area contributed by atoms with E-state index >= 15 is 0 Å². The molecular formula is C15H12N2OS2. The van der Waals surface area contributed by atoms with Gasteiger partial charge in [0.2, 0.25) is 0 Å². The number of rotatable bonds is 4. The van der Waals surface area contributed by atoms with Crippen LogP contribution in [0.25, 0.3) is 0 Å². The average Bonchev–Trinajstić information content (AvgIpc) is 2.85. The Labute approximate surface area is 127 Å². The van der Waals surface area contributed by atoms with Crippen LogP contribution in [0.1, 0.15) is 13.8 Å². The zero-order valence-electron chi connectivity index (χ0n) is 11.1. The summed E-state index contributed by atoms with van der Waals surface area (Å²) in [6.07, 6.45) is 9.99. The molecule has 5 heteroatoms. The molecule has 0 aliphatic carbocycles. The fraction of sp³-hybridized carbons (Fsp3) is 0.133. The number of allylic oxidation sites excluding steroid dienone is 9. The Balaban J connectivity index is 2.71. The lowest BCUT2D eigenvalue weighted by Crippen LogP contribution is -1.72. The molecule has 0 N–H and O–H groups in total. The summed E-state index contributed by atoms with van der Waals surface area (Å²) in [5, 5.41) is 17.8. The Kier molecular flexibility index (Phi) is 6.66. The molecule has 0 aromatic heterocycles. The van der Waals surface area contributed by atoms with Crippen LogP contribution in [-0.4, -0.2) is 6.29 Å². The van der Waals surface area contributed by atoms with Crippen LogP contribution in [0.15, 0.2) is 55.6 Å². The lowest BCUT2D eigenvalue weighted by atomic mass is 10.2. The van der Waals surface area contributed by atoms with Gasteiger partial charge in [0, 0.05) is 0 Å². The molecule has 3 nitrogen and oxygen atoms in total. The van der Waals surface area contributed by atoms with Crippen LogP contribution in [0.5, 0.6) is 0 Å². The van der Waals surface area contributed by atoms with Crippen molar-refractivity contribution in [2.45, 2.75) is 13.8 Å². The Morgan fingerprint density at radius 3 is 1.95 bits per heavy atom. The van der Waals surface area contributed by atoms with Gasteiger partial charge in [0.05, 0.1) is 4.24 Å². The minimum Gasteiger partial charge on any atom is -0.298 e. The van der Waals surface area contributed by atoms with Crippen LogP contribution >= 0.6 is 23.5 Å². The summed E-state index contributed by atoms with van der Waals surface area (Å²) in [4.78, 5) is 11.3. The van der Waals surface area contributed by atoms with Crippen LogP contribution in [0.4, 0.5) is 0 Å². The molecule has 0 bridgehead atoms. The first-order valence-corrected chi connectivity index (χ1v) is 7.33. The first-order valence-electron chi connectivity index (χ1n) is 5.69. The highest BCUT2D eigenvalue weighted by molar-refractivity contribution is 8.28. The molecule has 0 atom stereocenters. The molecule has 0 saturated carbocycles. The highest BCUT2D eigenvalue weighted by Gasteiger charge is 2.20. The van der Waals surface area contributed by atoms with Gasteiger partial charge in [-0.05, 0) is 31.1 Å². The van der Waals surface area contributed by atoms with E-state index in [1.54, 1.807) is 19.1 Å². The van der Waals surface area contributed by atoms with Crippen molar-refractivity contribution in [2.75, 3.05) is 0 Å². The number of hydrogen-bond donors (Lipinski definition) is 0. The van der Waals surface area contributed by atoms with Crippen LogP contribution in [0, 0.1) is 22.7 Å². The third-order valence-electron chi connectivity index (χ3n) is 2.18. The molecule has 0 unspecified atom stereocenters. The lowest BCUT2D eigenvalue weighted by molar-refractivity contribution is -0.104. The second-order valence-corrected chi connectivity index (χ2v) is 6.24. The van der Waals surface area contributed by atoms with E-state index in [1.165, 1.54) is 23.5 Å². The summed E-state index contributed by atoms with van der Waals surface area (Å²) < 4.78 is 0.917. The van der Waals surface area contributed by atoms with E-state index in [-0.39, 0.29) is 0 Å². The highest BCUT2D eigenvalue weighted by Crippen LogP contribution is 2.48. The maximum atomic E-state index is 10.4. The van der Waals surface area contributed by atoms with E-state index in [1.807, 2.05) is 37.3 Å². The molecule has 0 radical (unpaired) electrons. The van der Waals surface area contributed by atoms with E-state index < -0.39 is 0 Å². The molecule has 1 aliphatic heterocycles. The summed E-state index contributed by atoms with van der Waals surface area (Å²) in [6.45, 7) is 3.67. The van der Waals surface area contributed by atoms with Crippen molar-refractivity contribution in [1.29, 1.82) is 10.5 Å². The Bertz CT molecular complexity index is 610. The second-order valence-electron chi connectivity index (χ2n) is 3.87. The average molecular weight is 300 g/mol. The normalized spacial score (nSPS) is 16.3. The van der Waals surface area contributed by atoms with Gasteiger partial charge in [-0.15, -0.1) is 0 Å². The first kappa shape index (κ1) is 16.1. The lowest BCUT2D eigenvalue weighted by Gasteiger charge is -1.94. The van der Waals surface area contributed by atoms with Gasteiger partial charge in [-0.1, -0.05) is 47.8 Å². The van der Waals surface area contributed by atoms with Gasteiger partial charge in [-0.3, -0.25) is 4.79 Å². The summed E-state index contributed by atoms with van der Waals surface area (Å²) in [5.41, 5.74) is 1.67. The highest BCUT2D eigenvalue weighted by atomic mass is 32.2. The minimum atomic E-state index is 0.455. The number of carbonyl (C=O) groups is 1. The van der Waals surface area contributed by atoms with Crippen molar-refractivity contribution in [3.05, 3.63) is 55.6 Å². The number of carbonyl (C=O) groups excluding carboxylic acids is 1. The van der Waals surface area contributed by atoms with Crippen molar-refractivity contribution in [3.63, 3.8) is 0 Å². The third kappa shape index (κ3) is 4.97. The zero-order chi connectivity index (χ0) is 15.0.